The van der Waals surface area contributed by atoms with Crippen molar-refractivity contribution in [1.29, 1.82) is 0 Å². The van der Waals surface area contributed by atoms with Crippen LogP contribution in [0.1, 0.15) is 31.7 Å². The Morgan fingerprint density at radius 1 is 1.42 bits per heavy atom. The van der Waals surface area contributed by atoms with Gasteiger partial charge in [0.2, 0.25) is 5.91 Å². The molecule has 5 nitrogen and oxygen atoms in total. The summed E-state index contributed by atoms with van der Waals surface area (Å²) in [7, 11) is 0. The molecule has 1 atom stereocenters. The molecule has 102 valence electrons. The second kappa shape index (κ2) is 5.30. The molecule has 2 N–H and O–H groups in total. The standard InChI is InChI=1S/C14H17NO4/c1-8(2)13(14(17)18)9-3-4-11-10(7-9)15-12(16)5-6-19-11/h3-4,7-8,13H,5-6H2,1-2H3,(H,15,16)(H,17,18). The molecule has 1 aromatic rings. The number of fused-ring (bicyclic) bond motifs is 1. The first-order valence-corrected chi connectivity index (χ1v) is 6.28. The van der Waals surface area contributed by atoms with Crippen molar-refractivity contribution in [1.82, 2.24) is 0 Å². The Morgan fingerprint density at radius 3 is 2.79 bits per heavy atom. The van der Waals surface area contributed by atoms with E-state index < -0.39 is 11.9 Å². The molecule has 0 aromatic heterocycles. The van der Waals surface area contributed by atoms with Crippen LogP contribution in [0.15, 0.2) is 18.2 Å². The van der Waals surface area contributed by atoms with Gasteiger partial charge >= 0.3 is 5.97 Å². The van der Waals surface area contributed by atoms with Crippen LogP contribution in [0.3, 0.4) is 0 Å². The third-order valence-electron chi connectivity index (χ3n) is 3.16. The number of carboxylic acids is 1. The van der Waals surface area contributed by atoms with E-state index in [1.165, 1.54) is 0 Å². The Bertz CT molecular complexity index is 510. The number of anilines is 1. The summed E-state index contributed by atoms with van der Waals surface area (Å²) in [5, 5.41) is 12.0. The third-order valence-corrected chi connectivity index (χ3v) is 3.16. The minimum atomic E-state index is -0.865. The van der Waals surface area contributed by atoms with E-state index in [0.29, 0.717) is 30.0 Å². The van der Waals surface area contributed by atoms with E-state index in [0.717, 1.165) is 0 Å². The number of rotatable bonds is 3. The van der Waals surface area contributed by atoms with E-state index in [2.05, 4.69) is 5.32 Å². The first-order chi connectivity index (χ1) is 8.99. The second-order valence-electron chi connectivity index (χ2n) is 4.96. The van der Waals surface area contributed by atoms with Crippen molar-refractivity contribution < 1.29 is 19.4 Å². The normalized spacial score (nSPS) is 16.1. The molecule has 1 aromatic carbocycles. The zero-order valence-corrected chi connectivity index (χ0v) is 11.0. The first-order valence-electron chi connectivity index (χ1n) is 6.28. The third kappa shape index (κ3) is 2.86. The summed E-state index contributed by atoms with van der Waals surface area (Å²) in [4.78, 5) is 22.8. The molecule has 0 saturated heterocycles. The molecule has 19 heavy (non-hydrogen) atoms. The fourth-order valence-corrected chi connectivity index (χ4v) is 2.24. The number of hydrogen-bond acceptors (Lipinski definition) is 3. The largest absolute Gasteiger partial charge is 0.491 e. The number of aliphatic carboxylic acids is 1. The number of carbonyl (C=O) groups is 2. The molecule has 5 heteroatoms. The van der Waals surface area contributed by atoms with Crippen LogP contribution < -0.4 is 10.1 Å². The van der Waals surface area contributed by atoms with Gasteiger partial charge in [-0.05, 0) is 23.6 Å². The molecule has 0 radical (unpaired) electrons. The second-order valence-corrected chi connectivity index (χ2v) is 4.96. The van der Waals surface area contributed by atoms with Crippen molar-refractivity contribution in [2.45, 2.75) is 26.2 Å². The molecule has 2 rings (SSSR count). The predicted octanol–water partition coefficient (Wildman–Crippen LogP) is 2.23. The summed E-state index contributed by atoms with van der Waals surface area (Å²) in [6.45, 7) is 4.06. The lowest BCUT2D eigenvalue weighted by atomic mass is 9.88. The highest BCUT2D eigenvalue weighted by Crippen LogP contribution is 2.33. The molecule has 0 bridgehead atoms. The van der Waals surface area contributed by atoms with E-state index in [1.54, 1.807) is 18.2 Å². The minimum Gasteiger partial charge on any atom is -0.491 e. The minimum absolute atomic E-state index is 0.0297. The summed E-state index contributed by atoms with van der Waals surface area (Å²) >= 11 is 0. The predicted molar refractivity (Wildman–Crippen MR) is 70.4 cm³/mol. The smallest absolute Gasteiger partial charge is 0.311 e. The van der Waals surface area contributed by atoms with E-state index >= 15 is 0 Å². The van der Waals surface area contributed by atoms with Crippen LogP contribution in [0.4, 0.5) is 5.69 Å². The highest BCUT2D eigenvalue weighted by molar-refractivity contribution is 5.93. The van der Waals surface area contributed by atoms with E-state index in [9.17, 15) is 14.7 Å². The number of carbonyl (C=O) groups excluding carboxylic acids is 1. The highest BCUT2D eigenvalue weighted by Gasteiger charge is 2.25. The molecule has 1 aliphatic heterocycles. The van der Waals surface area contributed by atoms with E-state index in [4.69, 9.17) is 4.74 Å². The van der Waals surface area contributed by atoms with Crippen LogP contribution in [0.2, 0.25) is 0 Å². The Labute approximate surface area is 111 Å². The van der Waals surface area contributed by atoms with Crippen molar-refractivity contribution in [2.24, 2.45) is 5.92 Å². The molecule has 0 fully saturated rings. The molecule has 0 spiro atoms. The topological polar surface area (TPSA) is 75.6 Å². The summed E-state index contributed by atoms with van der Waals surface area (Å²) in [5.74, 6) is -1.02. The Morgan fingerprint density at radius 2 is 2.16 bits per heavy atom. The molecule has 1 amide bonds. The van der Waals surface area contributed by atoms with E-state index in [1.807, 2.05) is 13.8 Å². The summed E-state index contributed by atoms with van der Waals surface area (Å²) in [5.41, 5.74) is 1.22. The summed E-state index contributed by atoms with van der Waals surface area (Å²) < 4.78 is 5.44. The van der Waals surface area contributed by atoms with Crippen LogP contribution in [0.5, 0.6) is 5.75 Å². The number of nitrogens with one attached hydrogen (secondary N) is 1. The summed E-state index contributed by atoms with van der Waals surface area (Å²) in [6.07, 6.45) is 0.302. The Hall–Kier alpha value is -2.04. The highest BCUT2D eigenvalue weighted by atomic mass is 16.5. The first kappa shape index (κ1) is 13.4. The summed E-state index contributed by atoms with van der Waals surface area (Å²) in [6, 6.07) is 5.15. The molecule has 1 aliphatic rings. The van der Waals surface area contributed by atoms with Crippen LogP contribution in [0, 0.1) is 5.92 Å². The zero-order valence-electron chi connectivity index (χ0n) is 11.0. The van der Waals surface area contributed by atoms with Crippen molar-refractivity contribution >= 4 is 17.6 Å². The Balaban J connectivity index is 2.39. The van der Waals surface area contributed by atoms with Gasteiger partial charge in [0.05, 0.1) is 24.6 Å². The quantitative estimate of drug-likeness (QED) is 0.876. The maximum atomic E-state index is 11.5. The van der Waals surface area contributed by atoms with Gasteiger partial charge in [0.25, 0.3) is 0 Å². The fraction of sp³-hybridized carbons (Fsp3) is 0.429. The molecule has 1 unspecified atom stereocenters. The average molecular weight is 263 g/mol. The van der Waals surface area contributed by atoms with Gasteiger partial charge in [0.15, 0.2) is 0 Å². The number of ether oxygens (including phenoxy) is 1. The molecule has 0 aliphatic carbocycles. The maximum absolute atomic E-state index is 11.5. The van der Waals surface area contributed by atoms with Crippen molar-refractivity contribution in [3.63, 3.8) is 0 Å². The maximum Gasteiger partial charge on any atom is 0.311 e. The van der Waals surface area contributed by atoms with Gasteiger partial charge in [0, 0.05) is 0 Å². The van der Waals surface area contributed by atoms with Gasteiger partial charge in [-0.2, -0.15) is 0 Å². The van der Waals surface area contributed by atoms with Crippen molar-refractivity contribution in [2.75, 3.05) is 11.9 Å². The van der Waals surface area contributed by atoms with Crippen LogP contribution in [0.25, 0.3) is 0 Å². The van der Waals surface area contributed by atoms with Gasteiger partial charge in [-0.25, -0.2) is 0 Å². The Kier molecular flexibility index (Phi) is 3.74. The molecular formula is C14H17NO4. The van der Waals surface area contributed by atoms with Gasteiger partial charge < -0.3 is 15.2 Å². The number of carboxylic acid groups (broad SMARTS) is 1. The van der Waals surface area contributed by atoms with Gasteiger partial charge in [0.1, 0.15) is 5.75 Å². The lowest BCUT2D eigenvalue weighted by Gasteiger charge is -2.18. The lowest BCUT2D eigenvalue weighted by Crippen LogP contribution is -2.18. The molecule has 1 heterocycles. The number of amides is 1. The van der Waals surface area contributed by atoms with Crippen molar-refractivity contribution in [3.8, 4) is 5.75 Å². The van der Waals surface area contributed by atoms with Crippen LogP contribution in [-0.4, -0.2) is 23.6 Å². The number of hydrogen-bond donors (Lipinski definition) is 2. The van der Waals surface area contributed by atoms with E-state index in [-0.39, 0.29) is 11.8 Å². The number of benzene rings is 1. The monoisotopic (exact) mass is 263 g/mol. The van der Waals surface area contributed by atoms with Crippen molar-refractivity contribution in [3.05, 3.63) is 23.8 Å². The van der Waals surface area contributed by atoms with Crippen LogP contribution >= 0.6 is 0 Å². The van der Waals surface area contributed by atoms with Gasteiger partial charge in [-0.3, -0.25) is 9.59 Å². The lowest BCUT2D eigenvalue weighted by molar-refractivity contribution is -0.139. The molecular weight excluding hydrogens is 246 g/mol. The molecule has 0 saturated carbocycles. The van der Waals surface area contributed by atoms with Gasteiger partial charge in [-0.1, -0.05) is 19.9 Å². The van der Waals surface area contributed by atoms with Gasteiger partial charge in [-0.15, -0.1) is 0 Å². The van der Waals surface area contributed by atoms with Crippen LogP contribution in [-0.2, 0) is 9.59 Å². The fourth-order valence-electron chi connectivity index (χ4n) is 2.24. The SMILES string of the molecule is CC(C)C(C(=O)O)c1ccc2c(c1)NC(=O)CCO2. The average Bonchev–Trinajstić information content (AvgIpc) is 2.48. The zero-order chi connectivity index (χ0) is 14.0.